The maximum atomic E-state index is 12.2. The van der Waals surface area contributed by atoms with Crippen molar-refractivity contribution in [3.05, 3.63) is 51.5 Å². The molecule has 0 spiro atoms. The minimum atomic E-state index is -0.0403. The average molecular weight is 314 g/mol. The van der Waals surface area contributed by atoms with Crippen molar-refractivity contribution < 1.29 is 4.79 Å². The van der Waals surface area contributed by atoms with E-state index in [4.69, 9.17) is 0 Å². The van der Waals surface area contributed by atoms with Gasteiger partial charge in [-0.1, -0.05) is 32.9 Å². The van der Waals surface area contributed by atoms with Crippen LogP contribution in [0.5, 0.6) is 0 Å². The number of amides is 1. The van der Waals surface area contributed by atoms with E-state index >= 15 is 0 Å². The Morgan fingerprint density at radius 2 is 1.95 bits per heavy atom. The van der Waals surface area contributed by atoms with Crippen molar-refractivity contribution in [1.82, 2.24) is 10.3 Å². The van der Waals surface area contributed by atoms with E-state index in [9.17, 15) is 4.79 Å². The molecule has 1 amide bonds. The van der Waals surface area contributed by atoms with Crippen molar-refractivity contribution in [1.29, 1.82) is 0 Å². The highest BCUT2D eigenvalue weighted by atomic mass is 32.1. The Hall–Kier alpha value is -1.68. The standard InChI is InChI=1S/C18H22N2OS/c1-18(2,3)14-8-6-12(7-9-14)16(21)19-10-15-11-22-17(20-15)13-4-5-13/h6-9,11,13H,4-5,10H2,1-3H3,(H,19,21). The van der Waals surface area contributed by atoms with E-state index in [0.717, 1.165) is 5.69 Å². The lowest BCUT2D eigenvalue weighted by molar-refractivity contribution is 0.0950. The summed E-state index contributed by atoms with van der Waals surface area (Å²) in [7, 11) is 0. The quantitative estimate of drug-likeness (QED) is 0.916. The predicted molar refractivity (Wildman–Crippen MR) is 90.4 cm³/mol. The lowest BCUT2D eigenvalue weighted by Crippen LogP contribution is -2.23. The summed E-state index contributed by atoms with van der Waals surface area (Å²) >= 11 is 1.71. The molecule has 1 aliphatic carbocycles. The molecule has 22 heavy (non-hydrogen) atoms. The number of carbonyl (C=O) groups is 1. The number of thiazole rings is 1. The second-order valence-electron chi connectivity index (χ2n) is 6.96. The van der Waals surface area contributed by atoms with Crippen molar-refractivity contribution in [2.75, 3.05) is 0 Å². The van der Waals surface area contributed by atoms with Crippen molar-refractivity contribution in [2.45, 2.75) is 51.5 Å². The smallest absolute Gasteiger partial charge is 0.251 e. The van der Waals surface area contributed by atoms with Gasteiger partial charge in [-0.25, -0.2) is 4.98 Å². The lowest BCUT2D eigenvalue weighted by atomic mass is 9.87. The summed E-state index contributed by atoms with van der Waals surface area (Å²) in [4.78, 5) is 16.8. The molecule has 1 saturated carbocycles. The van der Waals surface area contributed by atoms with Gasteiger partial charge in [-0.15, -0.1) is 11.3 Å². The van der Waals surface area contributed by atoms with E-state index < -0.39 is 0 Å². The third-order valence-corrected chi connectivity index (χ3v) is 5.00. The minimum Gasteiger partial charge on any atom is -0.346 e. The predicted octanol–water partition coefficient (Wildman–Crippen LogP) is 4.25. The number of carbonyl (C=O) groups excluding carboxylic acids is 1. The van der Waals surface area contributed by atoms with E-state index in [2.05, 4.69) is 36.5 Å². The van der Waals surface area contributed by atoms with Gasteiger partial charge in [-0.2, -0.15) is 0 Å². The summed E-state index contributed by atoms with van der Waals surface area (Å²) in [5, 5.41) is 6.22. The van der Waals surface area contributed by atoms with Crippen LogP contribution in [-0.4, -0.2) is 10.9 Å². The molecular weight excluding hydrogens is 292 g/mol. The zero-order chi connectivity index (χ0) is 15.7. The van der Waals surface area contributed by atoms with E-state index in [1.807, 2.05) is 24.3 Å². The lowest BCUT2D eigenvalue weighted by Gasteiger charge is -2.19. The van der Waals surface area contributed by atoms with Gasteiger partial charge in [0.15, 0.2) is 0 Å². The number of hydrogen-bond donors (Lipinski definition) is 1. The minimum absolute atomic E-state index is 0.0403. The fourth-order valence-electron chi connectivity index (χ4n) is 2.32. The summed E-state index contributed by atoms with van der Waals surface area (Å²) < 4.78 is 0. The van der Waals surface area contributed by atoms with Crippen LogP contribution in [0.2, 0.25) is 0 Å². The summed E-state index contributed by atoms with van der Waals surface area (Å²) in [5.74, 6) is 0.640. The molecular formula is C18H22N2OS. The molecule has 0 aliphatic heterocycles. The highest BCUT2D eigenvalue weighted by molar-refractivity contribution is 7.09. The van der Waals surface area contributed by atoms with Crippen LogP contribution in [0.25, 0.3) is 0 Å². The molecule has 0 radical (unpaired) electrons. The molecule has 0 saturated heterocycles. The number of rotatable bonds is 4. The van der Waals surface area contributed by atoms with Gasteiger partial charge in [0.1, 0.15) is 0 Å². The first-order valence-corrected chi connectivity index (χ1v) is 8.64. The van der Waals surface area contributed by atoms with Gasteiger partial charge in [0.2, 0.25) is 0 Å². The van der Waals surface area contributed by atoms with Gasteiger partial charge >= 0.3 is 0 Å². The first-order valence-electron chi connectivity index (χ1n) is 7.76. The molecule has 2 aromatic rings. The van der Waals surface area contributed by atoms with Gasteiger partial charge in [0.05, 0.1) is 17.2 Å². The van der Waals surface area contributed by atoms with E-state index in [-0.39, 0.29) is 11.3 Å². The number of nitrogens with one attached hydrogen (secondary N) is 1. The zero-order valence-electron chi connectivity index (χ0n) is 13.3. The average Bonchev–Trinajstić information content (AvgIpc) is 3.23. The molecule has 3 nitrogen and oxygen atoms in total. The van der Waals surface area contributed by atoms with Gasteiger partial charge in [0, 0.05) is 16.9 Å². The summed E-state index contributed by atoms with van der Waals surface area (Å²) in [6, 6.07) is 7.85. The SMILES string of the molecule is CC(C)(C)c1ccc(C(=O)NCc2csc(C3CC3)n2)cc1. The Morgan fingerprint density at radius 3 is 2.55 bits per heavy atom. The first-order chi connectivity index (χ1) is 10.4. The number of benzene rings is 1. The van der Waals surface area contributed by atoms with Crippen molar-refractivity contribution in [3.63, 3.8) is 0 Å². The van der Waals surface area contributed by atoms with Crippen LogP contribution in [-0.2, 0) is 12.0 Å². The van der Waals surface area contributed by atoms with Crippen LogP contribution in [0.15, 0.2) is 29.6 Å². The maximum Gasteiger partial charge on any atom is 0.251 e. The Kier molecular flexibility index (Phi) is 4.04. The molecule has 0 atom stereocenters. The molecule has 1 N–H and O–H groups in total. The van der Waals surface area contributed by atoms with E-state index in [1.54, 1.807) is 11.3 Å². The number of hydrogen-bond acceptors (Lipinski definition) is 3. The van der Waals surface area contributed by atoms with Crippen LogP contribution in [0.3, 0.4) is 0 Å². The van der Waals surface area contributed by atoms with Gasteiger partial charge in [-0.05, 0) is 36.0 Å². The Bertz CT molecular complexity index is 663. The third kappa shape index (κ3) is 3.55. The number of aromatic nitrogens is 1. The van der Waals surface area contributed by atoms with Gasteiger partial charge in [-0.3, -0.25) is 4.79 Å². The van der Waals surface area contributed by atoms with Crippen LogP contribution >= 0.6 is 11.3 Å². The van der Waals surface area contributed by atoms with Crippen molar-refractivity contribution in [3.8, 4) is 0 Å². The van der Waals surface area contributed by atoms with E-state index in [0.29, 0.717) is 18.0 Å². The zero-order valence-corrected chi connectivity index (χ0v) is 14.2. The molecule has 1 aromatic heterocycles. The fourth-order valence-corrected chi connectivity index (χ4v) is 3.31. The van der Waals surface area contributed by atoms with Crippen LogP contribution in [0, 0.1) is 0 Å². The maximum absolute atomic E-state index is 12.2. The molecule has 3 rings (SSSR count). The second-order valence-corrected chi connectivity index (χ2v) is 7.85. The fraction of sp³-hybridized carbons (Fsp3) is 0.444. The van der Waals surface area contributed by atoms with Crippen LogP contribution < -0.4 is 5.32 Å². The van der Waals surface area contributed by atoms with Crippen LogP contribution in [0.4, 0.5) is 0 Å². The van der Waals surface area contributed by atoms with Crippen molar-refractivity contribution in [2.24, 2.45) is 0 Å². The molecule has 1 aliphatic rings. The topological polar surface area (TPSA) is 42.0 Å². The molecule has 0 unspecified atom stereocenters. The Balaban J connectivity index is 1.59. The van der Waals surface area contributed by atoms with E-state index in [1.165, 1.54) is 23.4 Å². The highest BCUT2D eigenvalue weighted by Gasteiger charge is 2.26. The van der Waals surface area contributed by atoms with Crippen molar-refractivity contribution >= 4 is 17.2 Å². The monoisotopic (exact) mass is 314 g/mol. The molecule has 116 valence electrons. The summed E-state index contributed by atoms with van der Waals surface area (Å²) in [6.45, 7) is 7.01. The van der Waals surface area contributed by atoms with Gasteiger partial charge in [0.25, 0.3) is 5.91 Å². The molecule has 0 bridgehead atoms. The molecule has 4 heteroatoms. The van der Waals surface area contributed by atoms with Gasteiger partial charge < -0.3 is 5.32 Å². The summed E-state index contributed by atoms with van der Waals surface area (Å²) in [6.07, 6.45) is 2.53. The first kappa shape index (κ1) is 15.2. The molecule has 1 heterocycles. The largest absolute Gasteiger partial charge is 0.346 e. The normalized spacial score (nSPS) is 14.9. The Morgan fingerprint density at radius 1 is 1.27 bits per heavy atom. The summed E-state index contributed by atoms with van der Waals surface area (Å²) in [5.41, 5.74) is 3.00. The van der Waals surface area contributed by atoms with Crippen LogP contribution in [0.1, 0.15) is 66.2 Å². The third-order valence-electron chi connectivity index (χ3n) is 3.94. The molecule has 1 fully saturated rings. The number of nitrogens with zero attached hydrogens (tertiary/aromatic N) is 1. The Labute approximate surface area is 135 Å². The molecule has 1 aromatic carbocycles. The highest BCUT2D eigenvalue weighted by Crippen LogP contribution is 2.41. The second kappa shape index (κ2) is 5.84.